The van der Waals surface area contributed by atoms with Crippen molar-refractivity contribution in [3.05, 3.63) is 70.2 Å². The van der Waals surface area contributed by atoms with Gasteiger partial charge >= 0.3 is 0 Å². The van der Waals surface area contributed by atoms with Gasteiger partial charge in [-0.05, 0) is 36.2 Å². The van der Waals surface area contributed by atoms with Gasteiger partial charge in [-0.1, -0.05) is 46.3 Å². The molecule has 1 saturated heterocycles. The summed E-state index contributed by atoms with van der Waals surface area (Å²) in [5.74, 6) is -0.0115. The molecule has 0 spiro atoms. The summed E-state index contributed by atoms with van der Waals surface area (Å²) >= 11 is 3.35. The molecule has 1 N–H and O–H groups in total. The van der Waals surface area contributed by atoms with E-state index in [4.69, 9.17) is 4.74 Å². The van der Waals surface area contributed by atoms with E-state index in [1.54, 1.807) is 12.1 Å². The van der Waals surface area contributed by atoms with Gasteiger partial charge in [0.2, 0.25) is 5.91 Å². The second kappa shape index (κ2) is 9.67. The number of carbonyl (C=O) groups is 2. The molecular weight excluding hydrogens is 408 g/mol. The number of hydrogen-bond acceptors (Lipinski definition) is 3. The largest absolute Gasteiger partial charge is 0.370 e. The van der Waals surface area contributed by atoms with Crippen LogP contribution in [0.25, 0.3) is 0 Å². The van der Waals surface area contributed by atoms with E-state index in [1.165, 1.54) is 0 Å². The van der Waals surface area contributed by atoms with Gasteiger partial charge in [-0.15, -0.1) is 0 Å². The Morgan fingerprint density at radius 1 is 1.11 bits per heavy atom. The van der Waals surface area contributed by atoms with Crippen LogP contribution >= 0.6 is 15.9 Å². The quantitative estimate of drug-likeness (QED) is 0.712. The predicted molar refractivity (Wildman–Crippen MR) is 107 cm³/mol. The van der Waals surface area contributed by atoms with E-state index < -0.39 is 0 Å². The van der Waals surface area contributed by atoms with Gasteiger partial charge in [0.1, 0.15) is 6.10 Å². The molecule has 0 saturated carbocycles. The van der Waals surface area contributed by atoms with E-state index in [0.29, 0.717) is 44.6 Å². The molecule has 1 unspecified atom stereocenters. The Balaban J connectivity index is 1.41. The van der Waals surface area contributed by atoms with Gasteiger partial charge in [0, 0.05) is 29.5 Å². The lowest BCUT2D eigenvalue weighted by Gasteiger charge is -2.33. The number of halogens is 1. The fourth-order valence-corrected chi connectivity index (χ4v) is 3.31. The molecule has 3 rings (SSSR count). The van der Waals surface area contributed by atoms with Crippen LogP contribution in [-0.4, -0.2) is 43.0 Å². The summed E-state index contributed by atoms with van der Waals surface area (Å²) in [7, 11) is 0. The highest BCUT2D eigenvalue weighted by molar-refractivity contribution is 9.10. The molecular formula is C21H23BrN2O3. The average molecular weight is 431 g/mol. The van der Waals surface area contributed by atoms with Crippen LogP contribution in [-0.2, 0) is 9.53 Å². The van der Waals surface area contributed by atoms with Crippen molar-refractivity contribution in [2.45, 2.75) is 18.9 Å². The van der Waals surface area contributed by atoms with Crippen LogP contribution in [0.4, 0.5) is 0 Å². The average Bonchev–Trinajstić information content (AvgIpc) is 2.72. The molecule has 0 aliphatic carbocycles. The maximum absolute atomic E-state index is 12.5. The van der Waals surface area contributed by atoms with Crippen LogP contribution in [0.3, 0.4) is 0 Å². The van der Waals surface area contributed by atoms with Gasteiger partial charge in [0.15, 0.2) is 0 Å². The fraction of sp³-hybridized carbons (Fsp3) is 0.333. The molecule has 0 aromatic heterocycles. The van der Waals surface area contributed by atoms with E-state index in [9.17, 15) is 9.59 Å². The normalized spacial score (nSPS) is 16.8. The van der Waals surface area contributed by atoms with Gasteiger partial charge in [0.25, 0.3) is 5.91 Å². The van der Waals surface area contributed by atoms with E-state index in [2.05, 4.69) is 21.2 Å². The van der Waals surface area contributed by atoms with Crippen molar-refractivity contribution in [3.8, 4) is 0 Å². The maximum Gasteiger partial charge on any atom is 0.251 e. The molecule has 0 bridgehead atoms. The third-order valence-corrected chi connectivity index (χ3v) is 5.08. The van der Waals surface area contributed by atoms with Crippen molar-refractivity contribution in [2.75, 3.05) is 26.2 Å². The predicted octanol–water partition coefficient (Wildman–Crippen LogP) is 3.56. The molecule has 2 aromatic carbocycles. The molecule has 1 atom stereocenters. The highest BCUT2D eigenvalue weighted by Crippen LogP contribution is 2.22. The van der Waals surface area contributed by atoms with E-state index in [1.807, 2.05) is 47.4 Å². The molecule has 27 heavy (non-hydrogen) atoms. The van der Waals surface area contributed by atoms with Crippen molar-refractivity contribution in [3.63, 3.8) is 0 Å². The van der Waals surface area contributed by atoms with Gasteiger partial charge in [-0.2, -0.15) is 0 Å². The van der Waals surface area contributed by atoms with Crippen molar-refractivity contribution in [1.82, 2.24) is 10.2 Å². The third kappa shape index (κ3) is 5.65. The zero-order chi connectivity index (χ0) is 19.1. The van der Waals surface area contributed by atoms with Crippen molar-refractivity contribution < 1.29 is 14.3 Å². The number of carbonyl (C=O) groups excluding carboxylic acids is 2. The summed E-state index contributed by atoms with van der Waals surface area (Å²) in [4.78, 5) is 26.4. The van der Waals surface area contributed by atoms with Crippen LogP contribution in [0, 0.1) is 0 Å². The Bertz CT molecular complexity index is 765. The molecule has 2 aromatic rings. The molecule has 1 heterocycles. The lowest BCUT2D eigenvalue weighted by Crippen LogP contribution is -2.42. The Kier molecular flexibility index (Phi) is 7.01. The molecule has 1 aliphatic heterocycles. The zero-order valence-corrected chi connectivity index (χ0v) is 16.7. The van der Waals surface area contributed by atoms with Crippen LogP contribution in [0.15, 0.2) is 59.1 Å². The highest BCUT2D eigenvalue weighted by atomic mass is 79.9. The second-order valence-corrected chi connectivity index (χ2v) is 7.39. The van der Waals surface area contributed by atoms with Crippen LogP contribution in [0.2, 0.25) is 0 Å². The Hall–Kier alpha value is -2.18. The summed E-state index contributed by atoms with van der Waals surface area (Å²) in [6, 6.07) is 17.2. The van der Waals surface area contributed by atoms with Crippen LogP contribution in [0.5, 0.6) is 0 Å². The third-order valence-electron chi connectivity index (χ3n) is 4.55. The fourth-order valence-electron chi connectivity index (χ4n) is 3.05. The number of ether oxygens (including phenoxy) is 1. The number of benzene rings is 2. The standard InChI is InChI=1S/C21H23BrN2O3/c22-18-10-8-17(9-11-18)21(26)23-12-4-7-20(25)24-13-14-27-19(15-24)16-5-2-1-3-6-16/h1-3,5-6,8-11,19H,4,7,12-15H2,(H,23,26). The maximum atomic E-state index is 12.5. The topological polar surface area (TPSA) is 58.6 Å². The monoisotopic (exact) mass is 430 g/mol. The summed E-state index contributed by atoms with van der Waals surface area (Å²) < 4.78 is 6.74. The van der Waals surface area contributed by atoms with E-state index in [-0.39, 0.29) is 17.9 Å². The first-order valence-electron chi connectivity index (χ1n) is 9.11. The number of morpholine rings is 1. The van der Waals surface area contributed by atoms with E-state index >= 15 is 0 Å². The van der Waals surface area contributed by atoms with Crippen molar-refractivity contribution >= 4 is 27.7 Å². The molecule has 2 amide bonds. The molecule has 1 aliphatic rings. The minimum atomic E-state index is -0.120. The number of nitrogens with one attached hydrogen (secondary N) is 1. The molecule has 5 nitrogen and oxygen atoms in total. The lowest BCUT2D eigenvalue weighted by molar-refractivity contribution is -0.139. The summed E-state index contributed by atoms with van der Waals surface area (Å²) in [6.07, 6.45) is 0.970. The molecule has 1 fully saturated rings. The van der Waals surface area contributed by atoms with Crippen LogP contribution in [0.1, 0.15) is 34.9 Å². The first-order chi connectivity index (χ1) is 13.1. The van der Waals surface area contributed by atoms with Gasteiger partial charge in [0.05, 0.1) is 13.2 Å². The Morgan fingerprint density at radius 2 is 1.85 bits per heavy atom. The minimum Gasteiger partial charge on any atom is -0.370 e. The first-order valence-corrected chi connectivity index (χ1v) is 9.91. The van der Waals surface area contributed by atoms with Gasteiger partial charge in [-0.25, -0.2) is 0 Å². The Labute approximate surface area is 167 Å². The van der Waals surface area contributed by atoms with Crippen molar-refractivity contribution in [2.24, 2.45) is 0 Å². The Morgan fingerprint density at radius 3 is 2.59 bits per heavy atom. The molecule has 6 heteroatoms. The number of amides is 2. The van der Waals surface area contributed by atoms with Crippen LogP contribution < -0.4 is 5.32 Å². The molecule has 142 valence electrons. The number of rotatable bonds is 6. The number of hydrogen-bond donors (Lipinski definition) is 1. The van der Waals surface area contributed by atoms with Gasteiger partial charge in [-0.3, -0.25) is 9.59 Å². The summed E-state index contributed by atoms with van der Waals surface area (Å²) in [5, 5.41) is 2.86. The van der Waals surface area contributed by atoms with Gasteiger partial charge < -0.3 is 15.0 Å². The van der Waals surface area contributed by atoms with Crippen molar-refractivity contribution in [1.29, 1.82) is 0 Å². The smallest absolute Gasteiger partial charge is 0.251 e. The SMILES string of the molecule is O=C(NCCCC(=O)N1CCOC(c2ccccc2)C1)c1ccc(Br)cc1. The summed E-state index contributed by atoms with van der Waals surface area (Å²) in [6.45, 7) is 2.22. The zero-order valence-electron chi connectivity index (χ0n) is 15.1. The first kappa shape index (κ1) is 19.6. The lowest BCUT2D eigenvalue weighted by atomic mass is 10.1. The molecule has 0 radical (unpaired) electrons. The second-order valence-electron chi connectivity index (χ2n) is 6.48. The van der Waals surface area contributed by atoms with E-state index in [0.717, 1.165) is 10.0 Å². The number of nitrogens with zero attached hydrogens (tertiary/aromatic N) is 1. The highest BCUT2D eigenvalue weighted by Gasteiger charge is 2.24. The minimum absolute atomic E-state index is 0.0685. The summed E-state index contributed by atoms with van der Waals surface area (Å²) in [5.41, 5.74) is 1.71.